The van der Waals surface area contributed by atoms with Gasteiger partial charge >= 0.3 is 5.97 Å². The Hall–Kier alpha value is -3.53. The van der Waals surface area contributed by atoms with E-state index in [0.29, 0.717) is 19.4 Å². The van der Waals surface area contributed by atoms with Crippen LogP contribution in [-0.4, -0.2) is 18.1 Å². The zero-order chi connectivity index (χ0) is 20.8. The van der Waals surface area contributed by atoms with Gasteiger partial charge in [-0.2, -0.15) is 0 Å². The smallest absolute Gasteiger partial charge is 0.309 e. The van der Waals surface area contributed by atoms with Crippen molar-refractivity contribution in [3.8, 4) is 5.75 Å². The highest BCUT2D eigenvalue weighted by atomic mass is 16.5. The van der Waals surface area contributed by atoms with Gasteiger partial charge in [-0.25, -0.2) is 0 Å². The normalized spacial score (nSPS) is 11.9. The molecule has 152 valence electrons. The van der Waals surface area contributed by atoms with E-state index < -0.39 is 0 Å². The molecule has 1 unspecified atom stereocenters. The number of aromatic nitrogens is 1. The maximum atomic E-state index is 12.4. The fraction of sp³-hybridized carbons (Fsp3) is 0.192. The summed E-state index contributed by atoms with van der Waals surface area (Å²) < 4.78 is 11.1. The highest BCUT2D eigenvalue weighted by Crippen LogP contribution is 2.27. The quantitative estimate of drug-likeness (QED) is 0.408. The molecule has 0 saturated heterocycles. The number of carbonyl (C=O) groups is 1. The van der Waals surface area contributed by atoms with Gasteiger partial charge < -0.3 is 14.5 Å². The minimum atomic E-state index is -0.245. The average Bonchev–Trinajstić information content (AvgIpc) is 3.20. The number of benzene rings is 3. The van der Waals surface area contributed by atoms with Crippen LogP contribution in [0.4, 0.5) is 0 Å². The van der Waals surface area contributed by atoms with Gasteiger partial charge in [0.15, 0.2) is 0 Å². The molecule has 0 spiro atoms. The van der Waals surface area contributed by atoms with E-state index >= 15 is 0 Å². The van der Waals surface area contributed by atoms with Gasteiger partial charge in [0.25, 0.3) is 0 Å². The second-order valence-corrected chi connectivity index (χ2v) is 7.41. The molecule has 1 heterocycles. The Kier molecular flexibility index (Phi) is 6.14. The first-order chi connectivity index (χ1) is 14.7. The van der Waals surface area contributed by atoms with E-state index in [0.717, 1.165) is 33.3 Å². The molecule has 30 heavy (non-hydrogen) atoms. The largest absolute Gasteiger partial charge is 0.489 e. The molecule has 1 N–H and O–H groups in total. The van der Waals surface area contributed by atoms with Crippen molar-refractivity contribution >= 4 is 16.9 Å². The summed E-state index contributed by atoms with van der Waals surface area (Å²) in [7, 11) is 1.45. The van der Waals surface area contributed by atoms with Crippen LogP contribution in [0.5, 0.6) is 5.75 Å². The lowest BCUT2D eigenvalue weighted by atomic mass is 9.92. The standard InChI is InChI=1S/C26H25NO3/c1-29-26(28)21(14-19-8-4-2-5-9-19)15-22-17-27-25-13-12-23(16-24(22)25)30-18-20-10-6-3-7-11-20/h2-13,16-17,21,27H,14-15,18H2,1H3. The van der Waals surface area contributed by atoms with Crippen LogP contribution in [0.3, 0.4) is 0 Å². The minimum absolute atomic E-state index is 0.190. The van der Waals surface area contributed by atoms with Crippen LogP contribution in [-0.2, 0) is 29.0 Å². The molecule has 0 amide bonds. The first-order valence-electron chi connectivity index (χ1n) is 10.1. The Balaban J connectivity index is 1.54. The number of H-pyrrole nitrogens is 1. The predicted molar refractivity (Wildman–Crippen MR) is 118 cm³/mol. The molecule has 4 nitrogen and oxygen atoms in total. The van der Waals surface area contributed by atoms with Crippen LogP contribution in [0, 0.1) is 5.92 Å². The highest BCUT2D eigenvalue weighted by Gasteiger charge is 2.22. The second-order valence-electron chi connectivity index (χ2n) is 7.41. The molecule has 3 aromatic carbocycles. The molecule has 0 aliphatic rings. The summed E-state index contributed by atoms with van der Waals surface area (Å²) in [6.45, 7) is 0.519. The van der Waals surface area contributed by atoms with Gasteiger partial charge in [-0.15, -0.1) is 0 Å². The Labute approximate surface area is 176 Å². The summed E-state index contributed by atoms with van der Waals surface area (Å²) in [5.74, 6) is 0.375. The van der Waals surface area contributed by atoms with Crippen LogP contribution in [0.2, 0.25) is 0 Å². The number of rotatable bonds is 8. The lowest BCUT2D eigenvalue weighted by molar-refractivity contribution is -0.145. The minimum Gasteiger partial charge on any atom is -0.489 e. The molecule has 1 atom stereocenters. The molecule has 4 heteroatoms. The summed E-state index contributed by atoms with van der Waals surface area (Å²) in [6, 6.07) is 26.2. The number of fused-ring (bicyclic) bond motifs is 1. The van der Waals surface area contributed by atoms with Crippen LogP contribution in [0.1, 0.15) is 16.7 Å². The topological polar surface area (TPSA) is 51.3 Å². The van der Waals surface area contributed by atoms with Crippen molar-refractivity contribution in [2.45, 2.75) is 19.4 Å². The summed E-state index contributed by atoms with van der Waals surface area (Å²) >= 11 is 0. The SMILES string of the molecule is COC(=O)C(Cc1ccccc1)Cc1c[nH]c2ccc(OCc3ccccc3)cc12. The van der Waals surface area contributed by atoms with Gasteiger partial charge in [0.2, 0.25) is 0 Å². The third-order valence-corrected chi connectivity index (χ3v) is 5.31. The van der Waals surface area contributed by atoms with Crippen molar-refractivity contribution in [1.82, 2.24) is 4.98 Å². The maximum absolute atomic E-state index is 12.4. The van der Waals surface area contributed by atoms with Crippen molar-refractivity contribution in [2.75, 3.05) is 7.11 Å². The van der Waals surface area contributed by atoms with Gasteiger partial charge in [-0.3, -0.25) is 4.79 Å². The lowest BCUT2D eigenvalue weighted by Gasteiger charge is -2.14. The first kappa shape index (κ1) is 19.8. The third kappa shape index (κ3) is 4.71. The molecular weight excluding hydrogens is 374 g/mol. The average molecular weight is 399 g/mol. The van der Waals surface area contributed by atoms with Gasteiger partial charge in [0, 0.05) is 17.1 Å². The molecule has 0 radical (unpaired) electrons. The summed E-state index contributed by atoms with van der Waals surface area (Å²) in [6.07, 6.45) is 3.22. The van der Waals surface area contributed by atoms with Gasteiger partial charge in [0.1, 0.15) is 12.4 Å². The Morgan fingerprint density at radius 1 is 0.900 bits per heavy atom. The summed E-state index contributed by atoms with van der Waals surface area (Å²) in [5.41, 5.74) is 4.36. The molecule has 4 aromatic rings. The lowest BCUT2D eigenvalue weighted by Crippen LogP contribution is -2.21. The molecule has 0 saturated carbocycles. The van der Waals surface area contributed by atoms with E-state index in [2.05, 4.69) is 4.98 Å². The second kappa shape index (κ2) is 9.31. The number of carbonyl (C=O) groups excluding carboxylic acids is 1. The number of hydrogen-bond donors (Lipinski definition) is 1. The number of esters is 1. The highest BCUT2D eigenvalue weighted by molar-refractivity contribution is 5.85. The fourth-order valence-corrected chi connectivity index (χ4v) is 3.73. The van der Waals surface area contributed by atoms with E-state index in [4.69, 9.17) is 9.47 Å². The van der Waals surface area contributed by atoms with Gasteiger partial charge in [-0.05, 0) is 47.7 Å². The molecule has 0 aliphatic carbocycles. The maximum Gasteiger partial charge on any atom is 0.309 e. The van der Waals surface area contributed by atoms with Crippen LogP contribution < -0.4 is 4.74 Å². The van der Waals surface area contributed by atoms with E-state index in [9.17, 15) is 4.79 Å². The number of ether oxygens (including phenoxy) is 2. The van der Waals surface area contributed by atoms with Crippen LogP contribution >= 0.6 is 0 Å². The monoisotopic (exact) mass is 399 g/mol. The Bertz CT molecular complexity index is 1100. The predicted octanol–water partition coefficient (Wildman–Crippen LogP) is 5.32. The van der Waals surface area contributed by atoms with Crippen molar-refractivity contribution in [3.63, 3.8) is 0 Å². The van der Waals surface area contributed by atoms with E-state index in [1.807, 2.05) is 85.1 Å². The van der Waals surface area contributed by atoms with Crippen molar-refractivity contribution in [3.05, 3.63) is 102 Å². The Morgan fingerprint density at radius 2 is 1.60 bits per heavy atom. The molecular formula is C26H25NO3. The molecule has 4 rings (SSSR count). The Morgan fingerprint density at radius 3 is 2.30 bits per heavy atom. The van der Waals surface area contributed by atoms with Crippen LogP contribution in [0.25, 0.3) is 10.9 Å². The summed E-state index contributed by atoms with van der Waals surface area (Å²) in [5, 5.41) is 1.07. The molecule has 0 aliphatic heterocycles. The first-order valence-corrected chi connectivity index (χ1v) is 10.1. The zero-order valence-corrected chi connectivity index (χ0v) is 17.0. The molecule has 0 bridgehead atoms. The van der Waals surface area contributed by atoms with E-state index in [1.165, 1.54) is 7.11 Å². The van der Waals surface area contributed by atoms with Gasteiger partial charge in [-0.1, -0.05) is 60.7 Å². The van der Waals surface area contributed by atoms with Crippen molar-refractivity contribution in [2.24, 2.45) is 5.92 Å². The zero-order valence-electron chi connectivity index (χ0n) is 17.0. The van der Waals surface area contributed by atoms with Crippen LogP contribution in [0.15, 0.2) is 85.1 Å². The van der Waals surface area contributed by atoms with Gasteiger partial charge in [0.05, 0.1) is 13.0 Å². The number of methoxy groups -OCH3 is 1. The third-order valence-electron chi connectivity index (χ3n) is 5.31. The van der Waals surface area contributed by atoms with E-state index in [1.54, 1.807) is 0 Å². The number of nitrogens with one attached hydrogen (secondary N) is 1. The fourth-order valence-electron chi connectivity index (χ4n) is 3.73. The van der Waals surface area contributed by atoms with E-state index in [-0.39, 0.29) is 11.9 Å². The van der Waals surface area contributed by atoms with Crippen molar-refractivity contribution in [1.29, 1.82) is 0 Å². The number of aromatic amines is 1. The van der Waals surface area contributed by atoms with Crippen molar-refractivity contribution < 1.29 is 14.3 Å². The number of hydrogen-bond acceptors (Lipinski definition) is 3. The molecule has 0 fully saturated rings. The summed E-state index contributed by atoms with van der Waals surface area (Å²) in [4.78, 5) is 15.8. The molecule has 1 aromatic heterocycles.